The first-order valence-electron chi connectivity index (χ1n) is 6.15. The Kier molecular flexibility index (Phi) is 3.41. The predicted molar refractivity (Wildman–Crippen MR) is 81.2 cm³/mol. The van der Waals surface area contributed by atoms with Crippen LogP contribution in [0.25, 0.3) is 11.0 Å². The lowest BCUT2D eigenvalue weighted by Crippen LogP contribution is -1.99. The van der Waals surface area contributed by atoms with E-state index in [2.05, 4.69) is 15.3 Å². The smallest absolute Gasteiger partial charge is 0.337 e. The molecule has 3 rings (SSSR count). The monoisotopic (exact) mass is 299 g/mol. The van der Waals surface area contributed by atoms with E-state index in [1.54, 1.807) is 18.3 Å². The van der Waals surface area contributed by atoms with Gasteiger partial charge in [0.2, 0.25) is 0 Å². The Morgan fingerprint density at radius 3 is 2.62 bits per heavy atom. The van der Waals surface area contributed by atoms with Gasteiger partial charge in [-0.25, -0.2) is 9.78 Å². The van der Waals surface area contributed by atoms with Crippen LogP contribution in [0.4, 0.5) is 11.5 Å². The number of benzene rings is 2. The fourth-order valence-electron chi connectivity index (χ4n) is 1.93. The number of para-hydroxylation sites is 2. The fraction of sp³-hybridized carbons (Fsp3) is 0. The molecule has 0 atom stereocenters. The van der Waals surface area contributed by atoms with Crippen molar-refractivity contribution in [1.29, 1.82) is 0 Å². The number of carboxylic acids is 1. The van der Waals surface area contributed by atoms with Crippen molar-refractivity contribution in [3.05, 3.63) is 59.2 Å². The molecule has 0 bridgehead atoms. The molecule has 5 nitrogen and oxygen atoms in total. The van der Waals surface area contributed by atoms with E-state index >= 15 is 0 Å². The molecule has 21 heavy (non-hydrogen) atoms. The molecule has 0 saturated heterocycles. The standard InChI is InChI=1S/C15H10ClN3O2/c16-11-7-9(5-6-10(11)15(20)21)18-14-8-17-12-3-1-2-4-13(12)19-14/h1-8H,(H,18,19)(H,20,21). The third-order valence-electron chi connectivity index (χ3n) is 2.92. The van der Waals surface area contributed by atoms with Crippen molar-refractivity contribution in [2.75, 3.05) is 5.32 Å². The van der Waals surface area contributed by atoms with E-state index in [1.807, 2.05) is 24.3 Å². The number of anilines is 2. The van der Waals surface area contributed by atoms with Crippen molar-refractivity contribution in [1.82, 2.24) is 9.97 Å². The van der Waals surface area contributed by atoms with Gasteiger partial charge in [-0.3, -0.25) is 4.98 Å². The van der Waals surface area contributed by atoms with Crippen molar-refractivity contribution in [2.24, 2.45) is 0 Å². The summed E-state index contributed by atoms with van der Waals surface area (Å²) >= 11 is 5.93. The molecule has 1 aromatic heterocycles. The number of hydrogen-bond acceptors (Lipinski definition) is 4. The summed E-state index contributed by atoms with van der Waals surface area (Å²) in [6.45, 7) is 0. The lowest BCUT2D eigenvalue weighted by atomic mass is 10.2. The average Bonchev–Trinajstić information content (AvgIpc) is 2.47. The van der Waals surface area contributed by atoms with Gasteiger partial charge in [-0.2, -0.15) is 0 Å². The number of fused-ring (bicyclic) bond motifs is 1. The molecule has 2 aromatic carbocycles. The zero-order chi connectivity index (χ0) is 14.8. The maximum absolute atomic E-state index is 10.9. The van der Waals surface area contributed by atoms with E-state index in [9.17, 15) is 4.79 Å². The van der Waals surface area contributed by atoms with Crippen LogP contribution in [-0.2, 0) is 0 Å². The third-order valence-corrected chi connectivity index (χ3v) is 3.23. The van der Waals surface area contributed by atoms with Crippen LogP contribution in [0, 0.1) is 0 Å². The quantitative estimate of drug-likeness (QED) is 0.771. The molecule has 6 heteroatoms. The van der Waals surface area contributed by atoms with Gasteiger partial charge < -0.3 is 10.4 Å². The summed E-state index contributed by atoms with van der Waals surface area (Å²) in [5, 5.41) is 12.2. The van der Waals surface area contributed by atoms with E-state index in [4.69, 9.17) is 16.7 Å². The number of aromatic carboxylic acids is 1. The number of halogens is 1. The van der Waals surface area contributed by atoms with Crippen LogP contribution in [0.5, 0.6) is 0 Å². The maximum Gasteiger partial charge on any atom is 0.337 e. The van der Waals surface area contributed by atoms with Crippen molar-refractivity contribution in [2.45, 2.75) is 0 Å². The number of rotatable bonds is 3. The zero-order valence-corrected chi connectivity index (χ0v) is 11.5. The molecular weight excluding hydrogens is 290 g/mol. The normalized spacial score (nSPS) is 10.5. The molecule has 3 aromatic rings. The number of carboxylic acid groups (broad SMARTS) is 1. The van der Waals surface area contributed by atoms with Crippen molar-refractivity contribution < 1.29 is 9.90 Å². The van der Waals surface area contributed by atoms with E-state index < -0.39 is 5.97 Å². The first-order valence-corrected chi connectivity index (χ1v) is 6.53. The second-order valence-electron chi connectivity index (χ2n) is 4.37. The molecule has 104 valence electrons. The lowest BCUT2D eigenvalue weighted by Gasteiger charge is -2.07. The summed E-state index contributed by atoms with van der Waals surface area (Å²) in [6.07, 6.45) is 1.61. The zero-order valence-electron chi connectivity index (χ0n) is 10.7. The summed E-state index contributed by atoms with van der Waals surface area (Å²) < 4.78 is 0. The van der Waals surface area contributed by atoms with Gasteiger partial charge in [0, 0.05) is 5.69 Å². The Hall–Kier alpha value is -2.66. The summed E-state index contributed by atoms with van der Waals surface area (Å²) in [5.74, 6) is -0.495. The fourth-order valence-corrected chi connectivity index (χ4v) is 2.19. The molecule has 0 radical (unpaired) electrons. The van der Waals surface area contributed by atoms with Crippen molar-refractivity contribution >= 4 is 40.1 Å². The first-order chi connectivity index (χ1) is 10.1. The second kappa shape index (κ2) is 5.38. The minimum atomic E-state index is -1.06. The SMILES string of the molecule is O=C(O)c1ccc(Nc2cnc3ccccc3n2)cc1Cl. The highest BCUT2D eigenvalue weighted by Crippen LogP contribution is 2.23. The molecule has 2 N–H and O–H groups in total. The summed E-state index contributed by atoms with van der Waals surface area (Å²) in [7, 11) is 0. The number of aromatic nitrogens is 2. The first kappa shape index (κ1) is 13.3. The van der Waals surface area contributed by atoms with Gasteiger partial charge in [0.1, 0.15) is 5.82 Å². The Morgan fingerprint density at radius 1 is 1.14 bits per heavy atom. The van der Waals surface area contributed by atoms with E-state index in [1.165, 1.54) is 6.07 Å². The number of carbonyl (C=O) groups is 1. The average molecular weight is 300 g/mol. The van der Waals surface area contributed by atoms with Gasteiger partial charge in [-0.15, -0.1) is 0 Å². The molecule has 0 aliphatic heterocycles. The summed E-state index contributed by atoms with van der Waals surface area (Å²) in [5.41, 5.74) is 2.29. The lowest BCUT2D eigenvalue weighted by molar-refractivity contribution is 0.0697. The topological polar surface area (TPSA) is 75.1 Å². The van der Waals surface area contributed by atoms with Gasteiger partial charge >= 0.3 is 5.97 Å². The predicted octanol–water partition coefficient (Wildman–Crippen LogP) is 3.73. The number of nitrogens with zero attached hydrogens (tertiary/aromatic N) is 2. The molecule has 0 amide bonds. The van der Waals surface area contributed by atoms with E-state index in [-0.39, 0.29) is 10.6 Å². The molecule has 1 heterocycles. The molecule has 0 saturated carbocycles. The molecule has 0 aliphatic rings. The molecule has 0 spiro atoms. The molecular formula is C15H10ClN3O2. The van der Waals surface area contributed by atoms with Gasteiger partial charge in [-0.1, -0.05) is 23.7 Å². The molecule has 0 aliphatic carbocycles. The van der Waals surface area contributed by atoms with Gasteiger partial charge in [-0.05, 0) is 30.3 Å². The highest BCUT2D eigenvalue weighted by molar-refractivity contribution is 6.33. The van der Waals surface area contributed by atoms with Crippen LogP contribution in [-0.4, -0.2) is 21.0 Å². The molecule has 0 fully saturated rings. The van der Waals surface area contributed by atoms with Gasteiger partial charge in [0.15, 0.2) is 0 Å². The number of nitrogens with one attached hydrogen (secondary N) is 1. The number of hydrogen-bond donors (Lipinski definition) is 2. The Bertz CT molecular complexity index is 836. The van der Waals surface area contributed by atoms with Crippen LogP contribution in [0.3, 0.4) is 0 Å². The van der Waals surface area contributed by atoms with Crippen molar-refractivity contribution in [3.8, 4) is 0 Å². The highest BCUT2D eigenvalue weighted by atomic mass is 35.5. The Balaban J connectivity index is 1.91. The van der Waals surface area contributed by atoms with E-state index in [0.717, 1.165) is 11.0 Å². The van der Waals surface area contributed by atoms with Gasteiger partial charge in [0.05, 0.1) is 27.8 Å². The van der Waals surface area contributed by atoms with Crippen molar-refractivity contribution in [3.63, 3.8) is 0 Å². The van der Waals surface area contributed by atoms with E-state index in [0.29, 0.717) is 11.5 Å². The third kappa shape index (κ3) is 2.78. The minimum absolute atomic E-state index is 0.0619. The highest BCUT2D eigenvalue weighted by Gasteiger charge is 2.09. The maximum atomic E-state index is 10.9. The summed E-state index contributed by atoms with van der Waals surface area (Å²) in [4.78, 5) is 19.6. The Morgan fingerprint density at radius 2 is 1.90 bits per heavy atom. The second-order valence-corrected chi connectivity index (χ2v) is 4.78. The largest absolute Gasteiger partial charge is 0.478 e. The summed E-state index contributed by atoms with van der Waals surface area (Å²) in [6, 6.07) is 12.2. The van der Waals surface area contributed by atoms with Crippen LogP contribution in [0.1, 0.15) is 10.4 Å². The molecule has 0 unspecified atom stereocenters. The van der Waals surface area contributed by atoms with Crippen LogP contribution >= 0.6 is 11.6 Å². The Labute approximate surface area is 125 Å². The van der Waals surface area contributed by atoms with Crippen LogP contribution in [0.15, 0.2) is 48.7 Å². The van der Waals surface area contributed by atoms with Crippen LogP contribution in [0.2, 0.25) is 5.02 Å². The minimum Gasteiger partial charge on any atom is -0.478 e. The van der Waals surface area contributed by atoms with Gasteiger partial charge in [0.25, 0.3) is 0 Å². The van der Waals surface area contributed by atoms with Crippen LogP contribution < -0.4 is 5.32 Å².